The lowest BCUT2D eigenvalue weighted by atomic mass is 10.3. The Balaban J connectivity index is 3.24. The summed E-state index contributed by atoms with van der Waals surface area (Å²) in [6.07, 6.45) is 0. The summed E-state index contributed by atoms with van der Waals surface area (Å²) in [5.74, 6) is 0.541. The standard InChI is InChI=1S/C8H18ClNO2/c1-8(7-11)10(2)4-6-12-5-3-9/h8,11H,3-7H2,1-2H3. The van der Waals surface area contributed by atoms with Crippen LogP contribution in [0.15, 0.2) is 0 Å². The molecule has 0 radical (unpaired) electrons. The quantitative estimate of drug-likeness (QED) is 0.476. The number of alkyl halides is 1. The summed E-state index contributed by atoms with van der Waals surface area (Å²) in [4.78, 5) is 2.05. The van der Waals surface area contributed by atoms with E-state index in [1.54, 1.807) is 0 Å². The Bertz CT molecular complexity index is 103. The molecule has 12 heavy (non-hydrogen) atoms. The van der Waals surface area contributed by atoms with Crippen molar-refractivity contribution >= 4 is 11.6 Å². The van der Waals surface area contributed by atoms with Crippen LogP contribution in [0.4, 0.5) is 0 Å². The molecule has 3 nitrogen and oxygen atoms in total. The smallest absolute Gasteiger partial charge is 0.0602 e. The maximum atomic E-state index is 8.80. The minimum atomic E-state index is 0.187. The summed E-state index contributed by atoms with van der Waals surface area (Å²) in [6.45, 7) is 4.27. The molecule has 0 bridgehead atoms. The number of halogens is 1. The van der Waals surface area contributed by atoms with Crippen LogP contribution in [0.1, 0.15) is 6.92 Å². The van der Waals surface area contributed by atoms with Crippen molar-refractivity contribution in [3.05, 3.63) is 0 Å². The molecule has 0 aliphatic rings. The topological polar surface area (TPSA) is 32.7 Å². The van der Waals surface area contributed by atoms with E-state index in [4.69, 9.17) is 21.4 Å². The first-order valence-electron chi connectivity index (χ1n) is 4.17. The molecule has 0 heterocycles. The fraction of sp³-hybridized carbons (Fsp3) is 1.00. The van der Waals surface area contributed by atoms with E-state index >= 15 is 0 Å². The molecule has 0 aliphatic carbocycles. The molecule has 1 atom stereocenters. The van der Waals surface area contributed by atoms with E-state index in [1.807, 2.05) is 18.9 Å². The molecule has 1 N–H and O–H groups in total. The number of aliphatic hydroxyl groups excluding tert-OH is 1. The molecular weight excluding hydrogens is 178 g/mol. The van der Waals surface area contributed by atoms with Crippen LogP contribution in [0.25, 0.3) is 0 Å². The second-order valence-electron chi connectivity index (χ2n) is 2.81. The Labute approximate surface area is 79.3 Å². The number of hydrogen-bond acceptors (Lipinski definition) is 3. The first-order valence-corrected chi connectivity index (χ1v) is 4.70. The average Bonchev–Trinajstić information content (AvgIpc) is 2.10. The Morgan fingerprint density at radius 2 is 2.17 bits per heavy atom. The fourth-order valence-electron chi connectivity index (χ4n) is 0.725. The van der Waals surface area contributed by atoms with E-state index in [-0.39, 0.29) is 12.6 Å². The van der Waals surface area contributed by atoms with E-state index in [2.05, 4.69) is 0 Å². The Kier molecular flexibility index (Phi) is 7.91. The van der Waals surface area contributed by atoms with Crippen molar-refractivity contribution in [1.29, 1.82) is 0 Å². The Morgan fingerprint density at radius 1 is 1.50 bits per heavy atom. The number of nitrogens with zero attached hydrogens (tertiary/aromatic N) is 1. The molecule has 0 aromatic heterocycles. The van der Waals surface area contributed by atoms with E-state index in [0.29, 0.717) is 19.1 Å². The van der Waals surface area contributed by atoms with Crippen molar-refractivity contribution in [2.75, 3.05) is 39.3 Å². The molecule has 0 spiro atoms. The first kappa shape index (κ1) is 12.2. The Morgan fingerprint density at radius 3 is 2.67 bits per heavy atom. The normalized spacial score (nSPS) is 13.8. The van der Waals surface area contributed by atoms with Crippen molar-refractivity contribution in [3.63, 3.8) is 0 Å². The highest BCUT2D eigenvalue weighted by Crippen LogP contribution is 1.93. The fourth-order valence-corrected chi connectivity index (χ4v) is 0.834. The van der Waals surface area contributed by atoms with Gasteiger partial charge in [-0.1, -0.05) is 0 Å². The lowest BCUT2D eigenvalue weighted by molar-refractivity contribution is 0.0937. The maximum Gasteiger partial charge on any atom is 0.0602 e. The largest absolute Gasteiger partial charge is 0.395 e. The minimum Gasteiger partial charge on any atom is -0.395 e. The van der Waals surface area contributed by atoms with Gasteiger partial charge in [0.2, 0.25) is 0 Å². The third-order valence-electron chi connectivity index (χ3n) is 1.83. The van der Waals surface area contributed by atoms with Gasteiger partial charge in [0, 0.05) is 18.5 Å². The van der Waals surface area contributed by atoms with Crippen LogP contribution < -0.4 is 0 Å². The van der Waals surface area contributed by atoms with Gasteiger partial charge in [0.05, 0.1) is 19.8 Å². The zero-order valence-corrected chi connectivity index (χ0v) is 8.55. The third kappa shape index (κ3) is 5.77. The highest BCUT2D eigenvalue weighted by Gasteiger charge is 2.05. The number of rotatable bonds is 7. The molecule has 0 saturated heterocycles. The van der Waals surface area contributed by atoms with Gasteiger partial charge >= 0.3 is 0 Å². The van der Waals surface area contributed by atoms with Crippen molar-refractivity contribution in [1.82, 2.24) is 4.90 Å². The zero-order chi connectivity index (χ0) is 9.40. The molecule has 0 saturated carbocycles. The van der Waals surface area contributed by atoms with Crippen molar-refractivity contribution in [2.24, 2.45) is 0 Å². The Hall–Kier alpha value is 0.170. The van der Waals surface area contributed by atoms with Crippen LogP contribution in [-0.2, 0) is 4.74 Å². The van der Waals surface area contributed by atoms with Gasteiger partial charge in [0.15, 0.2) is 0 Å². The molecule has 0 aliphatic heterocycles. The second-order valence-corrected chi connectivity index (χ2v) is 3.19. The molecule has 0 aromatic carbocycles. The van der Waals surface area contributed by atoms with Gasteiger partial charge in [-0.05, 0) is 14.0 Å². The van der Waals surface area contributed by atoms with Crippen LogP contribution in [0.3, 0.4) is 0 Å². The molecule has 0 aromatic rings. The van der Waals surface area contributed by atoms with Gasteiger partial charge < -0.3 is 9.84 Å². The lowest BCUT2D eigenvalue weighted by Crippen LogP contribution is -2.34. The molecule has 0 amide bonds. The predicted molar refractivity (Wildman–Crippen MR) is 50.7 cm³/mol. The molecule has 4 heteroatoms. The van der Waals surface area contributed by atoms with Crippen LogP contribution in [0.2, 0.25) is 0 Å². The molecule has 0 rings (SSSR count). The maximum absolute atomic E-state index is 8.80. The first-order chi connectivity index (χ1) is 5.72. The minimum absolute atomic E-state index is 0.187. The zero-order valence-electron chi connectivity index (χ0n) is 7.79. The summed E-state index contributed by atoms with van der Waals surface area (Å²) >= 11 is 5.43. The number of likely N-dealkylation sites (N-methyl/N-ethyl adjacent to an activating group) is 1. The summed E-state index contributed by atoms with van der Waals surface area (Å²) in [7, 11) is 1.96. The number of hydrogen-bond donors (Lipinski definition) is 1. The van der Waals surface area contributed by atoms with Gasteiger partial charge in [0.1, 0.15) is 0 Å². The van der Waals surface area contributed by atoms with Crippen molar-refractivity contribution in [2.45, 2.75) is 13.0 Å². The van der Waals surface area contributed by atoms with Gasteiger partial charge in [-0.3, -0.25) is 4.90 Å². The van der Waals surface area contributed by atoms with E-state index in [9.17, 15) is 0 Å². The summed E-state index contributed by atoms with van der Waals surface area (Å²) < 4.78 is 5.19. The summed E-state index contributed by atoms with van der Waals surface area (Å²) in [6, 6.07) is 0.199. The predicted octanol–water partition coefficient (Wildman–Crippen LogP) is 0.554. The number of aliphatic hydroxyl groups is 1. The molecule has 1 unspecified atom stereocenters. The van der Waals surface area contributed by atoms with E-state index in [1.165, 1.54) is 0 Å². The number of ether oxygens (including phenoxy) is 1. The third-order valence-corrected chi connectivity index (χ3v) is 1.98. The average molecular weight is 196 g/mol. The van der Waals surface area contributed by atoms with Crippen molar-refractivity contribution < 1.29 is 9.84 Å². The monoisotopic (exact) mass is 195 g/mol. The molecule has 0 fully saturated rings. The SMILES string of the molecule is CC(CO)N(C)CCOCCCl. The summed E-state index contributed by atoms with van der Waals surface area (Å²) in [5.41, 5.74) is 0. The second kappa shape index (κ2) is 7.80. The van der Waals surface area contributed by atoms with Crippen LogP contribution in [0, 0.1) is 0 Å². The highest BCUT2D eigenvalue weighted by molar-refractivity contribution is 6.17. The van der Waals surface area contributed by atoms with Crippen LogP contribution in [0.5, 0.6) is 0 Å². The van der Waals surface area contributed by atoms with Crippen LogP contribution >= 0.6 is 11.6 Å². The summed E-state index contributed by atoms with van der Waals surface area (Å²) in [5, 5.41) is 8.80. The van der Waals surface area contributed by atoms with Crippen molar-refractivity contribution in [3.8, 4) is 0 Å². The highest BCUT2D eigenvalue weighted by atomic mass is 35.5. The lowest BCUT2D eigenvalue weighted by Gasteiger charge is -2.22. The van der Waals surface area contributed by atoms with Gasteiger partial charge in [0.25, 0.3) is 0 Å². The molecule has 74 valence electrons. The van der Waals surface area contributed by atoms with E-state index in [0.717, 1.165) is 6.54 Å². The van der Waals surface area contributed by atoms with Crippen LogP contribution in [-0.4, -0.2) is 55.3 Å². The van der Waals surface area contributed by atoms with Gasteiger partial charge in [-0.15, -0.1) is 11.6 Å². The van der Waals surface area contributed by atoms with Gasteiger partial charge in [-0.2, -0.15) is 0 Å². The van der Waals surface area contributed by atoms with Gasteiger partial charge in [-0.25, -0.2) is 0 Å². The van der Waals surface area contributed by atoms with E-state index < -0.39 is 0 Å². The molecular formula is C8H18ClNO2.